The van der Waals surface area contributed by atoms with Gasteiger partial charge in [-0.2, -0.15) is 0 Å². The van der Waals surface area contributed by atoms with E-state index in [2.05, 4.69) is 200 Å². The largest absolute Gasteiger partial charge is 0.296 e. The maximum absolute atomic E-state index is 5.05. The Hall–Kier alpha value is -7.03. The summed E-state index contributed by atoms with van der Waals surface area (Å²) in [5.74, 6) is 1.07. The number of hydrogen-bond donors (Lipinski definition) is 0. The van der Waals surface area contributed by atoms with Crippen molar-refractivity contribution in [2.24, 2.45) is 0 Å². The van der Waals surface area contributed by atoms with Crippen LogP contribution in [-0.2, 0) is 6.42 Å². The molecule has 1 heterocycles. The molecule has 0 aliphatic rings. The van der Waals surface area contributed by atoms with Crippen molar-refractivity contribution in [1.82, 2.24) is 9.55 Å². The standard InChI is InChI=1S/C53H36N2/c1-2-50-54-47-25-12-13-26-49(47)55(50)48-32-31-43(39-20-8-9-21-40(39)48)52-41-22-10-11-23-42(41)53(46-33-37(29-30-44(46)52)34-15-4-3-5-16-34)45-24-14-18-36-28-27-35-17-6-7-19-38(35)51(36)45/h3-33H,2H2,1H3. The highest BCUT2D eigenvalue weighted by Gasteiger charge is 2.22. The third-order valence-corrected chi connectivity index (χ3v) is 11.5. The van der Waals surface area contributed by atoms with Crippen LogP contribution < -0.4 is 0 Å². The highest BCUT2D eigenvalue weighted by Crippen LogP contribution is 2.49. The average molecular weight is 701 g/mol. The fourth-order valence-electron chi connectivity index (χ4n) is 9.11. The Kier molecular flexibility index (Phi) is 7.18. The van der Waals surface area contributed by atoms with Gasteiger partial charge >= 0.3 is 0 Å². The second kappa shape index (κ2) is 12.5. The van der Waals surface area contributed by atoms with Crippen molar-refractivity contribution in [3.63, 3.8) is 0 Å². The number of rotatable bonds is 5. The van der Waals surface area contributed by atoms with E-state index < -0.39 is 0 Å². The maximum Gasteiger partial charge on any atom is 0.114 e. The van der Waals surface area contributed by atoms with Crippen molar-refractivity contribution in [2.75, 3.05) is 0 Å². The molecule has 55 heavy (non-hydrogen) atoms. The smallest absolute Gasteiger partial charge is 0.114 e. The maximum atomic E-state index is 5.05. The summed E-state index contributed by atoms with van der Waals surface area (Å²) in [5.41, 5.74) is 10.7. The number of benzene rings is 10. The topological polar surface area (TPSA) is 17.8 Å². The lowest BCUT2D eigenvalue weighted by atomic mass is 9.82. The zero-order valence-corrected chi connectivity index (χ0v) is 30.5. The minimum Gasteiger partial charge on any atom is -0.296 e. The van der Waals surface area contributed by atoms with Gasteiger partial charge in [0.05, 0.1) is 16.7 Å². The Morgan fingerprint density at radius 2 is 1.05 bits per heavy atom. The number of imidazole rings is 1. The molecule has 0 bridgehead atoms. The number of fused-ring (bicyclic) bond motifs is 7. The number of nitrogens with zero attached hydrogens (tertiary/aromatic N) is 2. The summed E-state index contributed by atoms with van der Waals surface area (Å²) in [7, 11) is 0. The lowest BCUT2D eigenvalue weighted by Gasteiger charge is -2.22. The summed E-state index contributed by atoms with van der Waals surface area (Å²) in [6.45, 7) is 2.19. The molecule has 0 unspecified atom stereocenters. The van der Waals surface area contributed by atoms with Crippen molar-refractivity contribution in [2.45, 2.75) is 13.3 Å². The first-order valence-corrected chi connectivity index (χ1v) is 19.2. The molecule has 1 aromatic heterocycles. The molecule has 11 aromatic rings. The highest BCUT2D eigenvalue weighted by atomic mass is 15.1. The van der Waals surface area contributed by atoms with E-state index in [1.54, 1.807) is 0 Å². The van der Waals surface area contributed by atoms with Crippen LogP contribution in [0.5, 0.6) is 0 Å². The highest BCUT2D eigenvalue weighted by molar-refractivity contribution is 6.27. The zero-order chi connectivity index (χ0) is 36.5. The van der Waals surface area contributed by atoms with Gasteiger partial charge in [0.1, 0.15) is 5.82 Å². The Bertz CT molecular complexity index is 3300. The molecular weight excluding hydrogens is 665 g/mol. The Morgan fingerprint density at radius 3 is 1.87 bits per heavy atom. The molecule has 0 atom stereocenters. The molecule has 0 fully saturated rings. The lowest BCUT2D eigenvalue weighted by molar-refractivity contribution is 0.913. The molecule has 11 rings (SSSR count). The number of aromatic nitrogens is 2. The van der Waals surface area contributed by atoms with Gasteiger partial charge in [-0.1, -0.05) is 171 Å². The van der Waals surface area contributed by atoms with Gasteiger partial charge in [-0.3, -0.25) is 4.57 Å². The summed E-state index contributed by atoms with van der Waals surface area (Å²) < 4.78 is 2.36. The minimum atomic E-state index is 0.842. The summed E-state index contributed by atoms with van der Waals surface area (Å²) in [6, 6.07) is 69.1. The van der Waals surface area contributed by atoms with Gasteiger partial charge in [0.15, 0.2) is 0 Å². The summed E-state index contributed by atoms with van der Waals surface area (Å²) >= 11 is 0. The van der Waals surface area contributed by atoms with Gasteiger partial charge in [-0.15, -0.1) is 0 Å². The molecule has 0 radical (unpaired) electrons. The molecule has 2 heteroatoms. The molecule has 0 aliphatic heterocycles. The Balaban J connectivity index is 1.28. The summed E-state index contributed by atoms with van der Waals surface area (Å²) in [6.07, 6.45) is 0.842. The van der Waals surface area contributed by atoms with Crippen LogP contribution in [0.15, 0.2) is 188 Å². The van der Waals surface area contributed by atoms with Crippen LogP contribution in [0.4, 0.5) is 0 Å². The van der Waals surface area contributed by atoms with Gasteiger partial charge in [-0.05, 0) is 106 Å². The first kappa shape index (κ1) is 31.5. The molecule has 0 saturated heterocycles. The van der Waals surface area contributed by atoms with Gasteiger partial charge in [0.25, 0.3) is 0 Å². The third-order valence-electron chi connectivity index (χ3n) is 11.5. The molecule has 258 valence electrons. The lowest BCUT2D eigenvalue weighted by Crippen LogP contribution is -2.01. The van der Waals surface area contributed by atoms with Gasteiger partial charge in [0.2, 0.25) is 0 Å². The Labute approximate surface area is 319 Å². The van der Waals surface area contributed by atoms with E-state index in [0.717, 1.165) is 29.0 Å². The van der Waals surface area contributed by atoms with E-state index >= 15 is 0 Å². The fraction of sp³-hybridized carbons (Fsp3) is 0.0377. The van der Waals surface area contributed by atoms with E-state index in [0.29, 0.717) is 0 Å². The van der Waals surface area contributed by atoms with Crippen molar-refractivity contribution < 1.29 is 0 Å². The molecular formula is C53H36N2. The van der Waals surface area contributed by atoms with Crippen LogP contribution in [-0.4, -0.2) is 9.55 Å². The molecule has 0 amide bonds. The van der Waals surface area contributed by atoms with E-state index in [-0.39, 0.29) is 0 Å². The molecule has 0 N–H and O–H groups in total. The minimum absolute atomic E-state index is 0.842. The van der Waals surface area contributed by atoms with E-state index in [4.69, 9.17) is 4.98 Å². The van der Waals surface area contributed by atoms with Gasteiger partial charge < -0.3 is 0 Å². The van der Waals surface area contributed by atoms with Crippen LogP contribution in [0.3, 0.4) is 0 Å². The normalized spacial score (nSPS) is 11.8. The molecule has 0 spiro atoms. The number of para-hydroxylation sites is 2. The van der Waals surface area contributed by atoms with Crippen molar-refractivity contribution in [1.29, 1.82) is 0 Å². The van der Waals surface area contributed by atoms with Gasteiger partial charge in [0, 0.05) is 11.8 Å². The van der Waals surface area contributed by atoms with Crippen LogP contribution in [0.25, 0.3) is 104 Å². The third kappa shape index (κ3) is 4.85. The number of aryl methyl sites for hydroxylation is 1. The van der Waals surface area contributed by atoms with E-state index in [1.165, 1.54) is 87.2 Å². The first-order chi connectivity index (χ1) is 27.3. The average Bonchev–Trinajstić information content (AvgIpc) is 3.64. The predicted molar refractivity (Wildman–Crippen MR) is 234 cm³/mol. The van der Waals surface area contributed by atoms with Crippen molar-refractivity contribution in [3.05, 3.63) is 194 Å². The van der Waals surface area contributed by atoms with Crippen LogP contribution in [0, 0.1) is 0 Å². The molecule has 0 saturated carbocycles. The summed E-state index contributed by atoms with van der Waals surface area (Å²) in [4.78, 5) is 5.05. The van der Waals surface area contributed by atoms with Crippen LogP contribution in [0.2, 0.25) is 0 Å². The Morgan fingerprint density at radius 1 is 0.418 bits per heavy atom. The molecule has 2 nitrogen and oxygen atoms in total. The number of hydrogen-bond acceptors (Lipinski definition) is 1. The van der Waals surface area contributed by atoms with Crippen LogP contribution in [0.1, 0.15) is 12.7 Å². The first-order valence-electron chi connectivity index (χ1n) is 19.2. The fourth-order valence-corrected chi connectivity index (χ4v) is 9.11. The van der Waals surface area contributed by atoms with E-state index in [9.17, 15) is 0 Å². The summed E-state index contributed by atoms with van der Waals surface area (Å²) in [5, 5.41) is 12.5. The van der Waals surface area contributed by atoms with Crippen molar-refractivity contribution >= 4 is 64.9 Å². The SMILES string of the molecule is CCc1nc2ccccc2n1-c1ccc(-c2c3ccccc3c(-c3cccc4ccc5ccccc5c34)c3cc(-c4ccccc4)ccc23)c2ccccc12. The molecule has 10 aromatic carbocycles. The molecule has 0 aliphatic carbocycles. The predicted octanol–water partition coefficient (Wildman–Crippen LogP) is 14.4. The van der Waals surface area contributed by atoms with E-state index in [1.807, 2.05) is 0 Å². The van der Waals surface area contributed by atoms with Crippen LogP contribution >= 0.6 is 0 Å². The second-order valence-electron chi connectivity index (χ2n) is 14.5. The quantitative estimate of drug-likeness (QED) is 0.129. The monoisotopic (exact) mass is 700 g/mol. The zero-order valence-electron chi connectivity index (χ0n) is 30.5. The van der Waals surface area contributed by atoms with Gasteiger partial charge in [-0.25, -0.2) is 4.98 Å². The van der Waals surface area contributed by atoms with Crippen molar-refractivity contribution in [3.8, 4) is 39.1 Å². The second-order valence-corrected chi connectivity index (χ2v) is 14.5.